The van der Waals surface area contributed by atoms with Gasteiger partial charge in [-0.25, -0.2) is 0 Å². The maximum absolute atomic E-state index is 12.6. The summed E-state index contributed by atoms with van der Waals surface area (Å²) in [6.45, 7) is 6.63. The number of ketones is 1. The molecule has 0 unspecified atom stereocenters. The average Bonchev–Trinajstić information content (AvgIpc) is 3.34. The molecule has 2 heterocycles. The first kappa shape index (κ1) is 21.8. The fraction of sp³-hybridized carbons (Fsp3) is 0.524. The molecule has 3 rings (SSSR count). The number of nitrogens with zero attached hydrogens (tertiary/aromatic N) is 3. The van der Waals surface area contributed by atoms with E-state index < -0.39 is 0 Å². The first-order valence-electron chi connectivity index (χ1n) is 10.1. The highest BCUT2D eigenvalue weighted by Crippen LogP contribution is 2.33. The van der Waals surface area contributed by atoms with Gasteiger partial charge in [0.2, 0.25) is 5.91 Å². The molecule has 6 nitrogen and oxygen atoms in total. The highest BCUT2D eigenvalue weighted by atomic mass is 32.2. The molecular formula is C21H28N4O2S2. The molecule has 2 aromatic rings. The average molecular weight is 433 g/mol. The zero-order valence-corrected chi connectivity index (χ0v) is 18.5. The van der Waals surface area contributed by atoms with E-state index in [4.69, 9.17) is 0 Å². The predicted octanol–water partition coefficient (Wildman–Crippen LogP) is 4.23. The van der Waals surface area contributed by atoms with E-state index in [0.29, 0.717) is 24.8 Å². The summed E-state index contributed by atoms with van der Waals surface area (Å²) in [6.07, 6.45) is 8.72. The van der Waals surface area contributed by atoms with Crippen LogP contribution < -0.4 is 5.32 Å². The summed E-state index contributed by atoms with van der Waals surface area (Å²) in [6, 6.07) is 3.84. The van der Waals surface area contributed by atoms with Crippen LogP contribution in [0.5, 0.6) is 0 Å². The van der Waals surface area contributed by atoms with Crippen LogP contribution in [0.1, 0.15) is 65.3 Å². The van der Waals surface area contributed by atoms with Gasteiger partial charge in [-0.3, -0.25) is 9.59 Å². The number of nitrogens with one attached hydrogen (secondary N) is 1. The van der Waals surface area contributed by atoms with E-state index in [1.807, 2.05) is 18.2 Å². The summed E-state index contributed by atoms with van der Waals surface area (Å²) in [5.41, 5.74) is 0. The SMILES string of the molecule is C=CCn1c(SCC(=O)c2ccc(CCNC(C)=O)s2)nnc1C1CCCCC1. The number of allylic oxidation sites excluding steroid dienone is 1. The van der Waals surface area contributed by atoms with Crippen molar-refractivity contribution in [1.29, 1.82) is 0 Å². The van der Waals surface area contributed by atoms with Gasteiger partial charge in [0, 0.05) is 30.8 Å². The summed E-state index contributed by atoms with van der Waals surface area (Å²) in [7, 11) is 0. The Morgan fingerprint density at radius 3 is 2.83 bits per heavy atom. The van der Waals surface area contributed by atoms with E-state index in [0.717, 1.165) is 40.0 Å². The molecule has 0 atom stereocenters. The molecule has 0 radical (unpaired) electrons. The lowest BCUT2D eigenvalue weighted by Crippen LogP contribution is -2.22. The van der Waals surface area contributed by atoms with Crippen molar-refractivity contribution in [2.45, 2.75) is 63.1 Å². The van der Waals surface area contributed by atoms with Crippen LogP contribution in [0, 0.1) is 0 Å². The standard InChI is InChI=1S/C21H28N4O2S2/c1-3-13-25-20(16-7-5-4-6-8-16)23-24-21(25)28-14-18(27)19-10-9-17(29-19)11-12-22-15(2)26/h3,9-10,16H,1,4-8,11-14H2,2H3,(H,22,26). The van der Waals surface area contributed by atoms with Gasteiger partial charge < -0.3 is 9.88 Å². The van der Waals surface area contributed by atoms with Gasteiger partial charge in [0.15, 0.2) is 10.9 Å². The Bertz CT molecular complexity index is 853. The summed E-state index contributed by atoms with van der Waals surface area (Å²) in [4.78, 5) is 25.4. The van der Waals surface area contributed by atoms with E-state index in [1.54, 1.807) is 0 Å². The molecule has 156 valence electrons. The number of hydrogen-bond donors (Lipinski definition) is 1. The van der Waals surface area contributed by atoms with E-state index >= 15 is 0 Å². The Labute approximate surface area is 180 Å². The molecule has 0 bridgehead atoms. The van der Waals surface area contributed by atoms with Crippen molar-refractivity contribution < 1.29 is 9.59 Å². The lowest BCUT2D eigenvalue weighted by molar-refractivity contribution is -0.118. The number of amides is 1. The Kier molecular flexibility index (Phi) is 8.06. The van der Waals surface area contributed by atoms with Crippen LogP contribution in [0.4, 0.5) is 0 Å². The Morgan fingerprint density at radius 2 is 2.10 bits per heavy atom. The molecule has 1 N–H and O–H groups in total. The van der Waals surface area contributed by atoms with E-state index in [2.05, 4.69) is 26.7 Å². The van der Waals surface area contributed by atoms with Crippen LogP contribution in [0.2, 0.25) is 0 Å². The van der Waals surface area contributed by atoms with Gasteiger partial charge in [0.25, 0.3) is 0 Å². The van der Waals surface area contributed by atoms with E-state index in [-0.39, 0.29) is 11.7 Å². The molecule has 0 spiro atoms. The van der Waals surface area contributed by atoms with Gasteiger partial charge in [-0.2, -0.15) is 0 Å². The topological polar surface area (TPSA) is 76.9 Å². The molecule has 8 heteroatoms. The van der Waals surface area contributed by atoms with Crippen molar-refractivity contribution in [3.05, 3.63) is 40.4 Å². The second kappa shape index (κ2) is 10.7. The van der Waals surface area contributed by atoms with Crippen LogP contribution >= 0.6 is 23.1 Å². The van der Waals surface area contributed by atoms with Gasteiger partial charge in [0.05, 0.1) is 10.6 Å². The summed E-state index contributed by atoms with van der Waals surface area (Å²) in [5.74, 6) is 1.90. The Morgan fingerprint density at radius 1 is 1.31 bits per heavy atom. The molecule has 1 amide bonds. The highest BCUT2D eigenvalue weighted by molar-refractivity contribution is 7.99. The molecule has 0 saturated heterocycles. The van der Waals surface area contributed by atoms with Gasteiger partial charge in [-0.1, -0.05) is 37.1 Å². The molecule has 1 aliphatic carbocycles. The number of hydrogen-bond acceptors (Lipinski definition) is 6. The van der Waals surface area contributed by atoms with Crippen molar-refractivity contribution in [3.63, 3.8) is 0 Å². The first-order chi connectivity index (χ1) is 14.1. The van der Waals surface area contributed by atoms with Gasteiger partial charge in [0.1, 0.15) is 5.82 Å². The van der Waals surface area contributed by atoms with Gasteiger partial charge >= 0.3 is 0 Å². The third-order valence-corrected chi connectivity index (χ3v) is 7.19. The lowest BCUT2D eigenvalue weighted by Gasteiger charge is -2.21. The van der Waals surface area contributed by atoms with Gasteiger partial charge in [-0.05, 0) is 31.4 Å². The largest absolute Gasteiger partial charge is 0.356 e. The fourth-order valence-electron chi connectivity index (χ4n) is 3.60. The van der Waals surface area contributed by atoms with Crippen LogP contribution in [0.3, 0.4) is 0 Å². The monoisotopic (exact) mass is 432 g/mol. The highest BCUT2D eigenvalue weighted by Gasteiger charge is 2.23. The maximum Gasteiger partial charge on any atom is 0.216 e. The van der Waals surface area contributed by atoms with Crippen LogP contribution in [-0.2, 0) is 17.8 Å². The van der Waals surface area contributed by atoms with Crippen molar-refractivity contribution in [2.24, 2.45) is 0 Å². The quantitative estimate of drug-likeness (QED) is 0.345. The second-order valence-corrected chi connectivity index (χ2v) is 9.40. The molecule has 1 saturated carbocycles. The minimum atomic E-state index is -0.0366. The third kappa shape index (κ3) is 6.02. The van der Waals surface area contributed by atoms with Crippen molar-refractivity contribution in [1.82, 2.24) is 20.1 Å². The number of Topliss-reactive ketones (excluding diaryl/α,β-unsaturated/α-hetero) is 1. The minimum absolute atomic E-state index is 0.0366. The number of carbonyl (C=O) groups is 2. The molecule has 1 aliphatic rings. The zero-order chi connectivity index (χ0) is 20.6. The van der Waals surface area contributed by atoms with Crippen LogP contribution in [0.25, 0.3) is 0 Å². The molecule has 0 aromatic carbocycles. The van der Waals surface area contributed by atoms with Crippen molar-refractivity contribution in [2.75, 3.05) is 12.3 Å². The number of thioether (sulfide) groups is 1. The number of aromatic nitrogens is 3. The zero-order valence-electron chi connectivity index (χ0n) is 16.9. The molecule has 0 aliphatic heterocycles. The second-order valence-electron chi connectivity index (χ2n) is 7.29. The Balaban J connectivity index is 1.59. The molecule has 29 heavy (non-hydrogen) atoms. The third-order valence-electron chi connectivity index (χ3n) is 5.04. The Hall–Kier alpha value is -1.93. The maximum atomic E-state index is 12.6. The minimum Gasteiger partial charge on any atom is -0.356 e. The fourth-order valence-corrected chi connectivity index (χ4v) is 5.47. The normalized spacial score (nSPS) is 14.7. The summed E-state index contributed by atoms with van der Waals surface area (Å²) in [5, 5.41) is 12.4. The summed E-state index contributed by atoms with van der Waals surface area (Å²) >= 11 is 2.94. The van der Waals surface area contributed by atoms with Crippen molar-refractivity contribution >= 4 is 34.8 Å². The lowest BCUT2D eigenvalue weighted by atomic mass is 9.89. The number of thiophene rings is 1. The van der Waals surface area contributed by atoms with Crippen LogP contribution in [-0.4, -0.2) is 38.8 Å². The number of rotatable bonds is 10. The molecule has 1 fully saturated rings. The van der Waals surface area contributed by atoms with Crippen molar-refractivity contribution in [3.8, 4) is 0 Å². The predicted molar refractivity (Wildman–Crippen MR) is 118 cm³/mol. The smallest absolute Gasteiger partial charge is 0.216 e. The molecular weight excluding hydrogens is 404 g/mol. The van der Waals surface area contributed by atoms with E-state index in [9.17, 15) is 9.59 Å². The summed E-state index contributed by atoms with van der Waals surface area (Å²) < 4.78 is 2.12. The van der Waals surface area contributed by atoms with Crippen LogP contribution in [0.15, 0.2) is 29.9 Å². The van der Waals surface area contributed by atoms with E-state index in [1.165, 1.54) is 49.3 Å². The molecule has 2 aromatic heterocycles. The first-order valence-corrected chi connectivity index (χ1v) is 11.9. The van der Waals surface area contributed by atoms with Gasteiger partial charge in [-0.15, -0.1) is 28.1 Å². The number of carbonyl (C=O) groups excluding carboxylic acids is 2.